The first-order chi connectivity index (χ1) is 34.0. The highest BCUT2D eigenvalue weighted by Crippen LogP contribution is 2.43. The van der Waals surface area contributed by atoms with Crippen molar-refractivity contribution in [3.8, 4) is 0 Å². The zero-order valence-electron chi connectivity index (χ0n) is 47.3. The Morgan fingerprint density at radius 1 is 0.471 bits per heavy atom. The Balaban J connectivity index is 4.03. The summed E-state index contributed by atoms with van der Waals surface area (Å²) in [5.41, 5.74) is 0. The number of hydrogen-bond acceptors (Lipinski definition) is 5. The van der Waals surface area contributed by atoms with Crippen LogP contribution >= 0.6 is 7.82 Å². The monoisotopic (exact) mass is 1010 g/mol. The molecule has 3 unspecified atom stereocenters. The number of aliphatic hydroxyl groups is 1. The van der Waals surface area contributed by atoms with Gasteiger partial charge in [0.25, 0.3) is 0 Å². The molecule has 0 heterocycles. The van der Waals surface area contributed by atoms with Gasteiger partial charge in [0, 0.05) is 6.42 Å². The van der Waals surface area contributed by atoms with E-state index in [0.717, 1.165) is 38.5 Å². The van der Waals surface area contributed by atoms with Crippen LogP contribution in [-0.4, -0.2) is 73.4 Å². The van der Waals surface area contributed by atoms with Gasteiger partial charge in [0.1, 0.15) is 13.2 Å². The predicted molar refractivity (Wildman–Crippen MR) is 304 cm³/mol. The lowest BCUT2D eigenvalue weighted by atomic mass is 10.0. The summed E-state index contributed by atoms with van der Waals surface area (Å²) in [5.74, 6) is -0.183. The highest BCUT2D eigenvalue weighted by molar-refractivity contribution is 7.47. The smallest absolute Gasteiger partial charge is 0.387 e. The van der Waals surface area contributed by atoms with Gasteiger partial charge in [-0.25, -0.2) is 4.57 Å². The summed E-state index contributed by atoms with van der Waals surface area (Å²) < 4.78 is 23.7. The Labute approximate surface area is 436 Å². The molecule has 0 spiro atoms. The van der Waals surface area contributed by atoms with Gasteiger partial charge in [-0.15, -0.1) is 0 Å². The van der Waals surface area contributed by atoms with E-state index in [2.05, 4.69) is 43.5 Å². The lowest BCUT2D eigenvalue weighted by molar-refractivity contribution is -0.870. The fourth-order valence-corrected chi connectivity index (χ4v) is 9.79. The minimum Gasteiger partial charge on any atom is -0.387 e. The molecule has 3 N–H and O–H groups in total. The van der Waals surface area contributed by atoms with Crippen LogP contribution < -0.4 is 5.32 Å². The maximum absolute atomic E-state index is 13.0. The zero-order valence-corrected chi connectivity index (χ0v) is 48.2. The first kappa shape index (κ1) is 68.7. The van der Waals surface area contributed by atoms with Crippen molar-refractivity contribution in [1.29, 1.82) is 0 Å². The number of likely N-dealkylation sites (N-methyl/N-ethyl adjacent to an activating group) is 1. The van der Waals surface area contributed by atoms with Gasteiger partial charge in [0.05, 0.1) is 39.9 Å². The third kappa shape index (κ3) is 54.5. The van der Waals surface area contributed by atoms with Crippen LogP contribution in [0.4, 0.5) is 0 Å². The SMILES string of the molecule is CCCCCCCCCCC/C=C/CC/C=C/C(O)C(COP(=O)(O)OCC[N+](C)(C)C)NC(=O)CCCCCCCCCCCCCCCCCCC/C=C\CCCCCCCCCCCCCC. The summed E-state index contributed by atoms with van der Waals surface area (Å²) in [6, 6.07) is -0.861. The number of allylic oxidation sites excluding steroid dienone is 5. The van der Waals surface area contributed by atoms with Gasteiger partial charge >= 0.3 is 7.82 Å². The Morgan fingerprint density at radius 3 is 1.14 bits per heavy atom. The van der Waals surface area contributed by atoms with Crippen LogP contribution in [0.15, 0.2) is 36.5 Å². The Morgan fingerprint density at radius 2 is 0.786 bits per heavy atom. The standard InChI is InChI=1S/C61H119N2O6P/c1-6-8-10-12-14-16-18-20-22-23-24-25-26-27-28-29-30-31-32-33-34-35-36-37-38-39-41-43-45-47-49-51-53-55-61(65)62-59(58-69-70(66,67)68-57-56-63(3,4)5)60(64)54-52-50-48-46-44-42-40-21-19-17-15-13-11-9-7-2/h27-28,44,46,52,54,59-60,64H,6-26,29-43,45,47-51,53,55-58H2,1-5H3,(H-,62,65,66,67)/p+1/b28-27-,46-44+,54-52+. The van der Waals surface area contributed by atoms with E-state index < -0.39 is 20.0 Å². The Hall–Kier alpha value is -1.28. The van der Waals surface area contributed by atoms with Crippen molar-refractivity contribution in [1.82, 2.24) is 5.32 Å². The number of hydrogen-bond donors (Lipinski definition) is 3. The van der Waals surface area contributed by atoms with Gasteiger partial charge in [0.2, 0.25) is 5.91 Å². The summed E-state index contributed by atoms with van der Waals surface area (Å²) in [5, 5.41) is 13.9. The van der Waals surface area contributed by atoms with Crippen molar-refractivity contribution >= 4 is 13.7 Å². The Bertz CT molecular complexity index is 1230. The summed E-state index contributed by atoms with van der Waals surface area (Å²) >= 11 is 0. The van der Waals surface area contributed by atoms with E-state index in [1.807, 2.05) is 27.2 Å². The van der Waals surface area contributed by atoms with E-state index in [1.54, 1.807) is 6.08 Å². The molecule has 9 heteroatoms. The largest absolute Gasteiger partial charge is 0.472 e. The number of unbranched alkanes of at least 4 members (excludes halogenated alkanes) is 39. The molecule has 0 bridgehead atoms. The molecule has 0 rings (SSSR count). The molecule has 0 saturated carbocycles. The molecule has 0 radical (unpaired) electrons. The van der Waals surface area contributed by atoms with E-state index in [1.165, 1.54) is 238 Å². The van der Waals surface area contributed by atoms with E-state index in [0.29, 0.717) is 17.4 Å². The van der Waals surface area contributed by atoms with Crippen LogP contribution in [0.5, 0.6) is 0 Å². The first-order valence-corrected chi connectivity index (χ1v) is 31.9. The quantitative estimate of drug-likeness (QED) is 0.0243. The van der Waals surface area contributed by atoms with Crippen molar-refractivity contribution in [2.75, 3.05) is 40.9 Å². The number of nitrogens with zero attached hydrogens (tertiary/aromatic N) is 1. The van der Waals surface area contributed by atoms with Crippen LogP contribution in [0, 0.1) is 0 Å². The molecule has 0 aromatic carbocycles. The Kier molecular flexibility index (Phi) is 51.6. The first-order valence-electron chi connectivity index (χ1n) is 30.4. The summed E-state index contributed by atoms with van der Waals surface area (Å²) in [6.45, 7) is 4.82. The number of carbonyl (C=O) groups excluding carboxylic acids is 1. The van der Waals surface area contributed by atoms with Gasteiger partial charge in [-0.1, -0.05) is 269 Å². The predicted octanol–water partition coefficient (Wildman–Crippen LogP) is 18.5. The highest BCUT2D eigenvalue weighted by Gasteiger charge is 2.27. The third-order valence-electron chi connectivity index (χ3n) is 13.8. The van der Waals surface area contributed by atoms with E-state index in [9.17, 15) is 19.4 Å². The second-order valence-corrected chi connectivity index (χ2v) is 23.5. The van der Waals surface area contributed by atoms with Crippen LogP contribution in [0.2, 0.25) is 0 Å². The minimum atomic E-state index is -4.35. The normalized spacial score (nSPS) is 14.1. The minimum absolute atomic E-state index is 0.0574. The summed E-state index contributed by atoms with van der Waals surface area (Å²) in [6.07, 6.45) is 68.5. The number of phosphoric acid groups is 1. The molecule has 0 aliphatic heterocycles. The van der Waals surface area contributed by atoms with Crippen LogP contribution in [0.3, 0.4) is 0 Å². The molecular weight excluding hydrogens is 888 g/mol. The van der Waals surface area contributed by atoms with Crippen molar-refractivity contribution in [2.45, 2.75) is 309 Å². The number of amides is 1. The molecule has 0 aromatic heterocycles. The lowest BCUT2D eigenvalue weighted by Gasteiger charge is -2.25. The molecule has 0 aliphatic carbocycles. The fourth-order valence-electron chi connectivity index (χ4n) is 9.06. The van der Waals surface area contributed by atoms with Gasteiger partial charge in [-0.05, 0) is 57.8 Å². The van der Waals surface area contributed by atoms with Crippen molar-refractivity contribution in [3.05, 3.63) is 36.5 Å². The van der Waals surface area contributed by atoms with Gasteiger partial charge in [-0.3, -0.25) is 13.8 Å². The topological polar surface area (TPSA) is 105 Å². The average Bonchev–Trinajstić information content (AvgIpc) is 3.32. The average molecular weight is 1010 g/mol. The lowest BCUT2D eigenvalue weighted by Crippen LogP contribution is -2.45. The molecule has 0 aromatic rings. The van der Waals surface area contributed by atoms with E-state index in [4.69, 9.17) is 9.05 Å². The molecule has 70 heavy (non-hydrogen) atoms. The number of nitrogens with one attached hydrogen (secondary N) is 1. The maximum Gasteiger partial charge on any atom is 0.472 e. The summed E-state index contributed by atoms with van der Waals surface area (Å²) in [7, 11) is 1.56. The zero-order chi connectivity index (χ0) is 51.3. The van der Waals surface area contributed by atoms with Crippen LogP contribution in [0.1, 0.15) is 296 Å². The number of carbonyl (C=O) groups is 1. The highest BCUT2D eigenvalue weighted by atomic mass is 31.2. The number of phosphoric ester groups is 1. The fraction of sp³-hybridized carbons (Fsp3) is 0.885. The van der Waals surface area contributed by atoms with Gasteiger partial charge < -0.3 is 19.8 Å². The summed E-state index contributed by atoms with van der Waals surface area (Å²) in [4.78, 5) is 23.3. The number of quaternary nitrogens is 1. The second kappa shape index (κ2) is 52.6. The van der Waals surface area contributed by atoms with Crippen molar-refractivity contribution < 1.29 is 32.9 Å². The molecule has 0 fully saturated rings. The maximum atomic E-state index is 13.0. The number of aliphatic hydroxyl groups excluding tert-OH is 1. The molecule has 8 nitrogen and oxygen atoms in total. The molecule has 0 saturated heterocycles. The molecular formula is C61H120N2O6P+. The van der Waals surface area contributed by atoms with E-state index >= 15 is 0 Å². The van der Waals surface area contributed by atoms with Crippen molar-refractivity contribution in [2.24, 2.45) is 0 Å². The van der Waals surface area contributed by atoms with Crippen LogP contribution in [0.25, 0.3) is 0 Å². The molecule has 1 amide bonds. The third-order valence-corrected chi connectivity index (χ3v) is 14.8. The number of rotatable bonds is 56. The molecule has 414 valence electrons. The molecule has 0 aliphatic rings. The second-order valence-electron chi connectivity index (χ2n) is 22.1. The van der Waals surface area contributed by atoms with Gasteiger partial charge in [-0.2, -0.15) is 0 Å². The van der Waals surface area contributed by atoms with Gasteiger partial charge in [0.15, 0.2) is 0 Å². The van der Waals surface area contributed by atoms with Crippen LogP contribution in [-0.2, 0) is 18.4 Å². The molecule has 3 atom stereocenters. The van der Waals surface area contributed by atoms with E-state index in [-0.39, 0.29) is 19.1 Å². The van der Waals surface area contributed by atoms with Crippen molar-refractivity contribution in [3.63, 3.8) is 0 Å².